The van der Waals surface area contributed by atoms with Crippen LogP contribution in [-0.2, 0) is 4.79 Å². The van der Waals surface area contributed by atoms with Crippen LogP contribution in [0.15, 0.2) is 60.7 Å². The fourth-order valence-corrected chi connectivity index (χ4v) is 2.64. The number of aliphatic carboxylic acids is 1. The van der Waals surface area contributed by atoms with Gasteiger partial charge in [0, 0.05) is 0 Å². The second-order valence-electron chi connectivity index (χ2n) is 4.88. The highest BCUT2D eigenvalue weighted by atomic mass is 16.4. The largest absolute Gasteiger partial charge is 0.479 e. The van der Waals surface area contributed by atoms with E-state index in [-0.39, 0.29) is 12.1 Å². The standard InChI is InChI=1S/C16H16N2O2/c19-16(20)15-17-13(11-7-3-1-4-8-11)14(18-15)12-9-5-2-6-10-12/h1-10,13-15,17-18H,(H,19,20)/t13-,14-/m0/s1. The molecule has 1 aliphatic heterocycles. The number of carbonyl (C=O) groups is 1. The summed E-state index contributed by atoms with van der Waals surface area (Å²) in [7, 11) is 0. The van der Waals surface area contributed by atoms with Crippen LogP contribution in [0.25, 0.3) is 0 Å². The zero-order valence-electron chi connectivity index (χ0n) is 10.9. The Bertz CT molecular complexity index is 538. The molecule has 1 saturated heterocycles. The number of hydrogen-bond donors (Lipinski definition) is 3. The van der Waals surface area contributed by atoms with Crippen molar-refractivity contribution in [3.8, 4) is 0 Å². The minimum atomic E-state index is -0.885. The Balaban J connectivity index is 1.95. The zero-order chi connectivity index (χ0) is 13.9. The first-order valence-electron chi connectivity index (χ1n) is 6.60. The maximum atomic E-state index is 11.2. The van der Waals surface area contributed by atoms with Crippen LogP contribution >= 0.6 is 0 Å². The van der Waals surface area contributed by atoms with Crippen molar-refractivity contribution < 1.29 is 9.90 Å². The highest BCUT2D eigenvalue weighted by Gasteiger charge is 2.38. The number of carboxylic acid groups (broad SMARTS) is 1. The molecule has 1 aliphatic rings. The summed E-state index contributed by atoms with van der Waals surface area (Å²) in [6.07, 6.45) is -0.731. The van der Waals surface area contributed by atoms with Gasteiger partial charge in [0.05, 0.1) is 12.1 Å². The highest BCUT2D eigenvalue weighted by Crippen LogP contribution is 2.33. The lowest BCUT2D eigenvalue weighted by Gasteiger charge is -2.19. The van der Waals surface area contributed by atoms with Crippen molar-refractivity contribution in [2.45, 2.75) is 18.2 Å². The van der Waals surface area contributed by atoms with Crippen LogP contribution in [0.4, 0.5) is 0 Å². The van der Waals surface area contributed by atoms with E-state index in [1.54, 1.807) is 0 Å². The van der Waals surface area contributed by atoms with Crippen molar-refractivity contribution in [2.75, 3.05) is 0 Å². The molecule has 2 atom stereocenters. The molecule has 102 valence electrons. The van der Waals surface area contributed by atoms with Crippen LogP contribution < -0.4 is 10.6 Å². The summed E-state index contributed by atoms with van der Waals surface area (Å²) in [6, 6.07) is 19.7. The molecule has 1 heterocycles. The van der Waals surface area contributed by atoms with Gasteiger partial charge in [0.1, 0.15) is 0 Å². The van der Waals surface area contributed by atoms with Gasteiger partial charge in [-0.2, -0.15) is 0 Å². The fraction of sp³-hybridized carbons (Fsp3) is 0.188. The molecule has 0 spiro atoms. The van der Waals surface area contributed by atoms with Crippen molar-refractivity contribution >= 4 is 5.97 Å². The molecule has 4 heteroatoms. The average Bonchev–Trinajstić information content (AvgIpc) is 2.94. The summed E-state index contributed by atoms with van der Waals surface area (Å²) in [5, 5.41) is 15.5. The summed E-state index contributed by atoms with van der Waals surface area (Å²) < 4.78 is 0. The van der Waals surface area contributed by atoms with Gasteiger partial charge in [-0.15, -0.1) is 0 Å². The smallest absolute Gasteiger partial charge is 0.335 e. The second-order valence-corrected chi connectivity index (χ2v) is 4.88. The molecule has 0 saturated carbocycles. The second kappa shape index (κ2) is 5.45. The number of rotatable bonds is 3. The van der Waals surface area contributed by atoms with Gasteiger partial charge in [0.2, 0.25) is 0 Å². The monoisotopic (exact) mass is 268 g/mol. The maximum Gasteiger partial charge on any atom is 0.335 e. The van der Waals surface area contributed by atoms with Gasteiger partial charge in [-0.1, -0.05) is 60.7 Å². The zero-order valence-corrected chi connectivity index (χ0v) is 10.9. The molecular weight excluding hydrogens is 252 g/mol. The Kier molecular flexibility index (Phi) is 3.50. The summed E-state index contributed by atoms with van der Waals surface area (Å²) in [5.74, 6) is -0.885. The van der Waals surface area contributed by atoms with Crippen molar-refractivity contribution in [3.05, 3.63) is 71.8 Å². The molecule has 3 N–H and O–H groups in total. The number of carboxylic acids is 1. The number of benzene rings is 2. The average molecular weight is 268 g/mol. The van der Waals surface area contributed by atoms with Crippen molar-refractivity contribution in [1.29, 1.82) is 0 Å². The van der Waals surface area contributed by atoms with Gasteiger partial charge in [0.25, 0.3) is 0 Å². The first-order valence-corrected chi connectivity index (χ1v) is 6.60. The molecule has 20 heavy (non-hydrogen) atoms. The lowest BCUT2D eigenvalue weighted by molar-refractivity contribution is -0.139. The molecule has 0 radical (unpaired) electrons. The number of nitrogens with one attached hydrogen (secondary N) is 2. The van der Waals surface area contributed by atoms with E-state index in [1.807, 2.05) is 60.7 Å². The lowest BCUT2D eigenvalue weighted by Crippen LogP contribution is -2.39. The van der Waals surface area contributed by atoms with Gasteiger partial charge in [-0.3, -0.25) is 10.6 Å². The van der Waals surface area contributed by atoms with E-state index in [9.17, 15) is 9.90 Å². The van der Waals surface area contributed by atoms with Crippen molar-refractivity contribution in [3.63, 3.8) is 0 Å². The lowest BCUT2D eigenvalue weighted by atomic mass is 9.95. The molecule has 0 aliphatic carbocycles. The third-order valence-corrected chi connectivity index (χ3v) is 3.59. The molecule has 0 aromatic heterocycles. The Morgan fingerprint density at radius 1 is 0.800 bits per heavy atom. The third kappa shape index (κ3) is 2.43. The van der Waals surface area contributed by atoms with Crippen LogP contribution in [0, 0.1) is 0 Å². The Labute approximate surface area is 117 Å². The van der Waals surface area contributed by atoms with Gasteiger partial charge in [-0.25, -0.2) is 4.79 Å². The molecule has 3 rings (SSSR count). The van der Waals surface area contributed by atoms with E-state index in [1.165, 1.54) is 0 Å². The van der Waals surface area contributed by atoms with E-state index in [0.717, 1.165) is 11.1 Å². The van der Waals surface area contributed by atoms with Gasteiger partial charge in [0.15, 0.2) is 6.17 Å². The molecule has 1 fully saturated rings. The molecule has 0 unspecified atom stereocenters. The fourth-order valence-electron chi connectivity index (χ4n) is 2.64. The molecular formula is C16H16N2O2. The number of hydrogen-bond acceptors (Lipinski definition) is 3. The summed E-state index contributed by atoms with van der Waals surface area (Å²) >= 11 is 0. The summed E-state index contributed by atoms with van der Waals surface area (Å²) in [5.41, 5.74) is 2.16. The molecule has 2 aromatic rings. The van der Waals surface area contributed by atoms with Crippen molar-refractivity contribution in [2.24, 2.45) is 0 Å². The third-order valence-electron chi connectivity index (χ3n) is 3.59. The van der Waals surface area contributed by atoms with Gasteiger partial charge < -0.3 is 5.11 Å². The van der Waals surface area contributed by atoms with E-state index < -0.39 is 12.1 Å². The molecule has 0 bridgehead atoms. The quantitative estimate of drug-likeness (QED) is 0.797. The maximum absolute atomic E-state index is 11.2. The van der Waals surface area contributed by atoms with Crippen LogP contribution in [0.1, 0.15) is 23.2 Å². The predicted molar refractivity (Wildman–Crippen MR) is 76.1 cm³/mol. The van der Waals surface area contributed by atoms with E-state index in [2.05, 4.69) is 10.6 Å². The predicted octanol–water partition coefficient (Wildman–Crippen LogP) is 2.07. The topological polar surface area (TPSA) is 61.4 Å². The van der Waals surface area contributed by atoms with Crippen LogP contribution in [-0.4, -0.2) is 17.2 Å². The van der Waals surface area contributed by atoms with Crippen LogP contribution in [0.5, 0.6) is 0 Å². The van der Waals surface area contributed by atoms with Crippen LogP contribution in [0.2, 0.25) is 0 Å². The SMILES string of the molecule is O=C(O)C1N[C@@H](c2ccccc2)[C@H](c2ccccc2)N1. The van der Waals surface area contributed by atoms with E-state index >= 15 is 0 Å². The molecule has 0 amide bonds. The van der Waals surface area contributed by atoms with Gasteiger partial charge >= 0.3 is 5.97 Å². The minimum Gasteiger partial charge on any atom is -0.479 e. The minimum absolute atomic E-state index is 0.0558. The molecule has 4 nitrogen and oxygen atoms in total. The highest BCUT2D eigenvalue weighted by molar-refractivity contribution is 5.73. The first-order chi connectivity index (χ1) is 9.75. The van der Waals surface area contributed by atoms with Crippen LogP contribution in [0.3, 0.4) is 0 Å². The Morgan fingerprint density at radius 2 is 1.20 bits per heavy atom. The first kappa shape index (κ1) is 12.8. The van der Waals surface area contributed by atoms with E-state index in [4.69, 9.17) is 0 Å². The molecule has 2 aromatic carbocycles. The summed E-state index contributed by atoms with van der Waals surface area (Å²) in [4.78, 5) is 11.2. The van der Waals surface area contributed by atoms with Crippen molar-refractivity contribution in [1.82, 2.24) is 10.6 Å². The normalized spacial score (nSPS) is 22.8. The summed E-state index contributed by atoms with van der Waals surface area (Å²) in [6.45, 7) is 0. The Morgan fingerprint density at radius 3 is 1.55 bits per heavy atom. The Hall–Kier alpha value is -2.17. The van der Waals surface area contributed by atoms with Gasteiger partial charge in [-0.05, 0) is 11.1 Å². The van der Waals surface area contributed by atoms with E-state index in [0.29, 0.717) is 0 Å².